The van der Waals surface area contributed by atoms with Crippen LogP contribution in [0.3, 0.4) is 0 Å². The van der Waals surface area contributed by atoms with Gasteiger partial charge >= 0.3 is 6.03 Å². The number of nitrogens with zero attached hydrogens (tertiary/aromatic N) is 1. The Kier molecular flexibility index (Phi) is 4.34. The van der Waals surface area contributed by atoms with E-state index in [4.69, 9.17) is 4.74 Å². The predicted molar refractivity (Wildman–Crippen MR) is 88.5 cm³/mol. The maximum Gasteiger partial charge on any atom is 0.317 e. The summed E-state index contributed by atoms with van der Waals surface area (Å²) in [6, 6.07) is 10.0. The van der Waals surface area contributed by atoms with Gasteiger partial charge in [0.05, 0.1) is 13.1 Å². The Morgan fingerprint density at radius 2 is 2.23 bits per heavy atom. The second kappa shape index (κ2) is 6.40. The Labute approximate surface area is 134 Å². The van der Waals surface area contributed by atoms with Crippen LogP contribution in [0.5, 0.6) is 5.75 Å². The van der Waals surface area contributed by atoms with Crippen molar-refractivity contribution in [3.63, 3.8) is 0 Å². The lowest BCUT2D eigenvalue weighted by Gasteiger charge is -2.19. The molecule has 0 fully saturated rings. The summed E-state index contributed by atoms with van der Waals surface area (Å²) < 4.78 is 5.83. The molecule has 0 saturated heterocycles. The lowest BCUT2D eigenvalue weighted by molar-refractivity contribution is 0.191. The number of carbonyl (C=O) groups excluding carboxylic acids is 1. The number of thiophene rings is 1. The van der Waals surface area contributed by atoms with E-state index >= 15 is 0 Å². The molecule has 1 unspecified atom stereocenters. The van der Waals surface area contributed by atoms with Crippen LogP contribution in [0.2, 0.25) is 0 Å². The number of urea groups is 1. The van der Waals surface area contributed by atoms with Crippen LogP contribution in [0.4, 0.5) is 4.79 Å². The molecule has 3 rings (SSSR count). The summed E-state index contributed by atoms with van der Waals surface area (Å²) in [5.74, 6) is 0.935. The van der Waals surface area contributed by atoms with E-state index in [0.29, 0.717) is 13.1 Å². The normalized spacial score (nSPS) is 16.0. The summed E-state index contributed by atoms with van der Waals surface area (Å²) in [6.07, 6.45) is 0.878. The molecule has 1 aromatic heterocycles. The minimum atomic E-state index is -0.0626. The van der Waals surface area contributed by atoms with Crippen molar-refractivity contribution in [3.8, 4) is 5.75 Å². The van der Waals surface area contributed by atoms with Gasteiger partial charge in [0.15, 0.2) is 0 Å². The zero-order chi connectivity index (χ0) is 15.5. The van der Waals surface area contributed by atoms with E-state index in [0.717, 1.165) is 12.2 Å². The number of rotatable bonds is 4. The number of nitrogens with one attached hydrogen (secondary N) is 1. The number of amides is 2. The first-order valence-corrected chi connectivity index (χ1v) is 8.28. The van der Waals surface area contributed by atoms with E-state index in [1.54, 1.807) is 16.2 Å². The maximum atomic E-state index is 12.2. The molecule has 2 aromatic rings. The molecule has 1 N–H and O–H groups in total. The standard InChI is InChI=1S/C17H20N2O2S/c1-12-7-8-22-16(12)11-19(2)17(20)18-10-14-9-13-5-3-4-6-15(13)21-14/h3-8,14H,9-11H2,1-2H3,(H,18,20). The third-order valence-corrected chi connectivity index (χ3v) is 4.90. The highest BCUT2D eigenvalue weighted by atomic mass is 32.1. The summed E-state index contributed by atoms with van der Waals surface area (Å²) in [7, 11) is 1.82. The summed E-state index contributed by atoms with van der Waals surface area (Å²) in [6.45, 7) is 3.24. The quantitative estimate of drug-likeness (QED) is 0.941. The van der Waals surface area contributed by atoms with Gasteiger partial charge in [-0.2, -0.15) is 0 Å². The molecule has 0 radical (unpaired) electrons. The number of fused-ring (bicyclic) bond motifs is 1. The van der Waals surface area contributed by atoms with Gasteiger partial charge in [-0.25, -0.2) is 4.79 Å². The molecule has 0 spiro atoms. The molecule has 116 valence electrons. The molecule has 1 atom stereocenters. The fraction of sp³-hybridized carbons (Fsp3) is 0.353. The molecule has 2 heterocycles. The molecule has 0 aliphatic carbocycles. The van der Waals surface area contributed by atoms with E-state index in [1.165, 1.54) is 16.0 Å². The first-order chi connectivity index (χ1) is 10.6. The summed E-state index contributed by atoms with van der Waals surface area (Å²) >= 11 is 1.68. The van der Waals surface area contributed by atoms with Crippen LogP contribution in [-0.4, -0.2) is 30.6 Å². The number of benzene rings is 1. The van der Waals surface area contributed by atoms with Gasteiger partial charge in [-0.15, -0.1) is 11.3 Å². The van der Waals surface area contributed by atoms with Gasteiger partial charge in [0.25, 0.3) is 0 Å². The smallest absolute Gasteiger partial charge is 0.317 e. The number of aryl methyl sites for hydroxylation is 1. The van der Waals surface area contributed by atoms with Crippen LogP contribution >= 0.6 is 11.3 Å². The molecule has 1 aliphatic rings. The third kappa shape index (κ3) is 3.25. The number of hydrogen-bond acceptors (Lipinski definition) is 3. The van der Waals surface area contributed by atoms with Gasteiger partial charge in [0, 0.05) is 18.3 Å². The Morgan fingerprint density at radius 1 is 1.41 bits per heavy atom. The van der Waals surface area contributed by atoms with Gasteiger partial charge < -0.3 is 15.0 Å². The Hall–Kier alpha value is -2.01. The first-order valence-electron chi connectivity index (χ1n) is 7.40. The van der Waals surface area contributed by atoms with Crippen LogP contribution in [0.25, 0.3) is 0 Å². The summed E-state index contributed by atoms with van der Waals surface area (Å²) in [4.78, 5) is 15.1. The lowest BCUT2D eigenvalue weighted by Crippen LogP contribution is -2.41. The van der Waals surface area contributed by atoms with Crippen molar-refractivity contribution in [2.24, 2.45) is 0 Å². The van der Waals surface area contributed by atoms with Crippen LogP contribution in [0.15, 0.2) is 35.7 Å². The number of carbonyl (C=O) groups is 1. The molecule has 2 amide bonds. The van der Waals surface area contributed by atoms with Gasteiger partial charge in [-0.1, -0.05) is 18.2 Å². The molecule has 5 heteroatoms. The summed E-state index contributed by atoms with van der Waals surface area (Å²) in [5.41, 5.74) is 2.45. The average molecular weight is 316 g/mol. The highest BCUT2D eigenvalue weighted by Crippen LogP contribution is 2.27. The fourth-order valence-corrected chi connectivity index (χ4v) is 3.52. The SMILES string of the molecule is Cc1ccsc1CN(C)C(=O)NCC1Cc2ccccc2O1. The molecule has 22 heavy (non-hydrogen) atoms. The van der Waals surface area contributed by atoms with E-state index in [2.05, 4.69) is 29.8 Å². The highest BCUT2D eigenvalue weighted by Gasteiger charge is 2.23. The van der Waals surface area contributed by atoms with Crippen molar-refractivity contribution < 1.29 is 9.53 Å². The molecule has 1 aromatic carbocycles. The minimum absolute atomic E-state index is 0.0261. The molecule has 0 bridgehead atoms. The van der Waals surface area contributed by atoms with Gasteiger partial charge in [-0.05, 0) is 35.6 Å². The first kappa shape index (κ1) is 14.9. The van der Waals surface area contributed by atoms with E-state index in [1.807, 2.05) is 25.2 Å². The van der Waals surface area contributed by atoms with Crippen molar-refractivity contribution in [2.75, 3.05) is 13.6 Å². The predicted octanol–water partition coefficient (Wildman–Crippen LogP) is 3.20. The summed E-state index contributed by atoms with van der Waals surface area (Å²) in [5, 5.41) is 5.01. The van der Waals surface area contributed by atoms with E-state index < -0.39 is 0 Å². The van der Waals surface area contributed by atoms with Crippen LogP contribution in [-0.2, 0) is 13.0 Å². The largest absolute Gasteiger partial charge is 0.488 e. The number of hydrogen-bond donors (Lipinski definition) is 1. The topological polar surface area (TPSA) is 41.6 Å². The van der Waals surface area contributed by atoms with Crippen LogP contribution in [0, 0.1) is 6.92 Å². The van der Waals surface area contributed by atoms with Gasteiger partial charge in [-0.3, -0.25) is 0 Å². The van der Waals surface area contributed by atoms with Gasteiger partial charge in [0.1, 0.15) is 11.9 Å². The van der Waals surface area contributed by atoms with E-state index in [9.17, 15) is 4.79 Å². The number of para-hydroxylation sites is 1. The Bertz CT molecular complexity index is 643. The van der Waals surface area contributed by atoms with Crippen molar-refractivity contribution >= 4 is 17.4 Å². The third-order valence-electron chi connectivity index (χ3n) is 3.89. The lowest BCUT2D eigenvalue weighted by atomic mass is 10.1. The number of ether oxygens (including phenoxy) is 1. The van der Waals surface area contributed by atoms with Gasteiger partial charge in [0.2, 0.25) is 0 Å². The highest BCUT2D eigenvalue weighted by molar-refractivity contribution is 7.10. The maximum absolute atomic E-state index is 12.2. The molecule has 4 nitrogen and oxygen atoms in total. The van der Waals surface area contributed by atoms with Crippen LogP contribution < -0.4 is 10.1 Å². The second-order valence-corrected chi connectivity index (χ2v) is 6.62. The monoisotopic (exact) mass is 316 g/mol. The molecular formula is C17H20N2O2S. The fourth-order valence-electron chi connectivity index (χ4n) is 2.56. The zero-order valence-electron chi connectivity index (χ0n) is 12.8. The van der Waals surface area contributed by atoms with Crippen LogP contribution in [0.1, 0.15) is 16.0 Å². The van der Waals surface area contributed by atoms with Crippen molar-refractivity contribution in [2.45, 2.75) is 26.0 Å². The Morgan fingerprint density at radius 3 is 2.95 bits per heavy atom. The second-order valence-electron chi connectivity index (χ2n) is 5.62. The van der Waals surface area contributed by atoms with Crippen molar-refractivity contribution in [1.29, 1.82) is 0 Å². The molecule has 0 saturated carbocycles. The van der Waals surface area contributed by atoms with Crippen molar-refractivity contribution in [3.05, 3.63) is 51.7 Å². The molecule has 1 aliphatic heterocycles. The minimum Gasteiger partial charge on any atom is -0.488 e. The van der Waals surface area contributed by atoms with Crippen molar-refractivity contribution in [1.82, 2.24) is 10.2 Å². The average Bonchev–Trinajstić information content (AvgIpc) is 3.10. The molecular weight excluding hydrogens is 296 g/mol. The Balaban J connectivity index is 1.48. The van der Waals surface area contributed by atoms with E-state index in [-0.39, 0.29) is 12.1 Å². The zero-order valence-corrected chi connectivity index (χ0v) is 13.7.